The molecule has 0 saturated heterocycles. The lowest BCUT2D eigenvalue weighted by Crippen LogP contribution is -2.26. The molecule has 0 radical (unpaired) electrons. The van der Waals surface area contributed by atoms with Crippen LogP contribution in [0, 0.1) is 17.2 Å². The molecule has 1 aliphatic carbocycles. The summed E-state index contributed by atoms with van der Waals surface area (Å²) in [5.41, 5.74) is 4.58. The van der Waals surface area contributed by atoms with Gasteiger partial charge < -0.3 is 4.74 Å². The van der Waals surface area contributed by atoms with Crippen molar-refractivity contribution >= 4 is 28.3 Å². The van der Waals surface area contributed by atoms with Gasteiger partial charge in [0.25, 0.3) is 5.91 Å². The summed E-state index contributed by atoms with van der Waals surface area (Å²) in [6.07, 6.45) is 6.58. The maximum absolute atomic E-state index is 13.1. The lowest BCUT2D eigenvalue weighted by atomic mass is 9.88. The molecular formula is C31H31N5O3S. The second kappa shape index (κ2) is 11.4. The molecule has 0 saturated carbocycles. The minimum atomic E-state index is -0.482. The number of nitrogens with one attached hydrogen (secondary N) is 1. The van der Waals surface area contributed by atoms with E-state index in [-0.39, 0.29) is 17.8 Å². The van der Waals surface area contributed by atoms with Crippen molar-refractivity contribution in [3.8, 4) is 17.2 Å². The second-order valence-electron chi connectivity index (χ2n) is 11.1. The fourth-order valence-electron chi connectivity index (χ4n) is 4.79. The van der Waals surface area contributed by atoms with Crippen LogP contribution in [0.25, 0.3) is 11.1 Å². The van der Waals surface area contributed by atoms with Gasteiger partial charge in [-0.05, 0) is 81.3 Å². The molecule has 1 aliphatic rings. The van der Waals surface area contributed by atoms with Crippen LogP contribution in [0.3, 0.4) is 0 Å². The number of hydrogen-bond donors (Lipinski definition) is 1. The lowest BCUT2D eigenvalue weighted by molar-refractivity contribution is -0.156. The van der Waals surface area contributed by atoms with Crippen LogP contribution in [-0.2, 0) is 28.9 Å². The first-order valence-electron chi connectivity index (χ1n) is 13.3. The normalized spacial score (nSPS) is 14.7. The second-order valence-corrected chi connectivity index (χ2v) is 12.1. The van der Waals surface area contributed by atoms with E-state index in [1.807, 2.05) is 62.0 Å². The first-order chi connectivity index (χ1) is 19.1. The van der Waals surface area contributed by atoms with Crippen molar-refractivity contribution in [2.75, 3.05) is 5.32 Å². The highest BCUT2D eigenvalue weighted by Crippen LogP contribution is 2.34. The van der Waals surface area contributed by atoms with Crippen LogP contribution >= 0.6 is 11.3 Å². The minimum Gasteiger partial charge on any atom is -0.460 e. The number of fused-ring (bicyclic) bond motifs is 1. The number of esters is 1. The third-order valence-electron chi connectivity index (χ3n) is 6.65. The van der Waals surface area contributed by atoms with Gasteiger partial charge in [0, 0.05) is 28.6 Å². The van der Waals surface area contributed by atoms with E-state index >= 15 is 0 Å². The van der Waals surface area contributed by atoms with E-state index in [1.165, 1.54) is 11.3 Å². The highest BCUT2D eigenvalue weighted by atomic mass is 32.1. The Morgan fingerprint density at radius 2 is 1.98 bits per heavy atom. The average molecular weight is 554 g/mol. The highest BCUT2D eigenvalue weighted by Gasteiger charge is 2.27. The summed E-state index contributed by atoms with van der Waals surface area (Å²) in [5, 5.41) is 17.0. The molecular weight excluding hydrogens is 522 g/mol. The topological polar surface area (TPSA) is 110 Å². The van der Waals surface area contributed by atoms with E-state index in [1.54, 1.807) is 24.4 Å². The number of carbonyl (C=O) groups excluding carboxylic acids is 2. The van der Waals surface area contributed by atoms with Crippen molar-refractivity contribution in [3.63, 3.8) is 0 Å². The standard InChI is InChI=1S/C31H31N5O3S/c1-31(2,3)39-28(37)15-21-9-12-26-27(14-21)40-30(34-26)35-29(38)24-6-4-5-22(13-24)18-36-19-25(17-33-36)23-10-7-20(16-32)8-11-23/h4-8,10-11,13,17,19,21H,9,12,14-15,18H2,1-3H3,(H,34,35,38). The lowest BCUT2D eigenvalue weighted by Gasteiger charge is -2.24. The number of thiazole rings is 1. The van der Waals surface area contributed by atoms with Crippen molar-refractivity contribution in [2.24, 2.45) is 5.92 Å². The van der Waals surface area contributed by atoms with Gasteiger partial charge in [-0.25, -0.2) is 4.98 Å². The van der Waals surface area contributed by atoms with E-state index in [9.17, 15) is 9.59 Å². The molecule has 4 aromatic rings. The molecule has 0 spiro atoms. The van der Waals surface area contributed by atoms with Gasteiger partial charge in [0.15, 0.2) is 5.13 Å². The third kappa shape index (κ3) is 6.82. The van der Waals surface area contributed by atoms with Crippen molar-refractivity contribution in [3.05, 3.63) is 88.2 Å². The van der Waals surface area contributed by atoms with Crippen LogP contribution in [0.15, 0.2) is 60.9 Å². The molecule has 9 heteroatoms. The fraction of sp³-hybridized carbons (Fsp3) is 0.323. The molecule has 2 aromatic heterocycles. The van der Waals surface area contributed by atoms with Crippen LogP contribution < -0.4 is 5.32 Å². The summed E-state index contributed by atoms with van der Waals surface area (Å²) in [4.78, 5) is 31.1. The molecule has 1 unspecified atom stereocenters. The number of nitriles is 1. The van der Waals surface area contributed by atoms with Crippen LogP contribution in [0.4, 0.5) is 5.13 Å². The Balaban J connectivity index is 1.20. The third-order valence-corrected chi connectivity index (χ3v) is 7.69. The van der Waals surface area contributed by atoms with E-state index in [0.29, 0.717) is 29.2 Å². The first-order valence-corrected chi connectivity index (χ1v) is 14.1. The van der Waals surface area contributed by atoms with Gasteiger partial charge >= 0.3 is 5.97 Å². The van der Waals surface area contributed by atoms with Crippen LogP contribution in [-0.4, -0.2) is 32.2 Å². The Morgan fingerprint density at radius 1 is 1.18 bits per heavy atom. The summed E-state index contributed by atoms with van der Waals surface area (Å²) in [6.45, 7) is 6.15. The Bertz CT molecular complexity index is 1570. The number of nitrogens with zero attached hydrogens (tertiary/aromatic N) is 4. The molecule has 5 rings (SSSR count). The summed E-state index contributed by atoms with van der Waals surface area (Å²) in [7, 11) is 0. The smallest absolute Gasteiger partial charge is 0.306 e. The molecule has 0 aliphatic heterocycles. The molecule has 8 nitrogen and oxygen atoms in total. The summed E-state index contributed by atoms with van der Waals surface area (Å²) in [5.74, 6) is -0.154. The van der Waals surface area contributed by atoms with Crippen LogP contribution in [0.2, 0.25) is 0 Å². The zero-order valence-corrected chi connectivity index (χ0v) is 23.6. The zero-order chi connectivity index (χ0) is 28.3. The predicted octanol–water partition coefficient (Wildman–Crippen LogP) is 6.02. The van der Waals surface area contributed by atoms with Crippen molar-refractivity contribution < 1.29 is 14.3 Å². The van der Waals surface area contributed by atoms with E-state index in [2.05, 4.69) is 21.5 Å². The largest absolute Gasteiger partial charge is 0.460 e. The van der Waals surface area contributed by atoms with E-state index in [0.717, 1.165) is 46.5 Å². The molecule has 1 atom stereocenters. The SMILES string of the molecule is CC(C)(C)OC(=O)CC1CCc2nc(NC(=O)c3cccc(Cn4cc(-c5ccc(C#N)cc5)cn4)c3)sc2C1. The predicted molar refractivity (Wildman–Crippen MR) is 154 cm³/mol. The van der Waals surface area contributed by atoms with Crippen molar-refractivity contribution in [1.29, 1.82) is 5.26 Å². The highest BCUT2D eigenvalue weighted by molar-refractivity contribution is 7.15. The number of aromatic nitrogens is 3. The van der Waals surface area contributed by atoms with Gasteiger partial charge in [0.05, 0.1) is 30.1 Å². The summed E-state index contributed by atoms with van der Waals surface area (Å²) < 4.78 is 7.31. The fourth-order valence-corrected chi connectivity index (χ4v) is 5.91. The maximum atomic E-state index is 13.1. The van der Waals surface area contributed by atoms with Crippen molar-refractivity contribution in [1.82, 2.24) is 14.8 Å². The van der Waals surface area contributed by atoms with Gasteiger partial charge in [-0.3, -0.25) is 19.6 Å². The van der Waals surface area contributed by atoms with E-state index in [4.69, 9.17) is 10.00 Å². The number of rotatable bonds is 7. The minimum absolute atomic E-state index is 0.167. The zero-order valence-electron chi connectivity index (χ0n) is 22.8. The number of benzene rings is 2. The molecule has 40 heavy (non-hydrogen) atoms. The monoisotopic (exact) mass is 553 g/mol. The van der Waals surface area contributed by atoms with Gasteiger partial charge in [-0.15, -0.1) is 11.3 Å². The molecule has 0 bridgehead atoms. The molecule has 204 valence electrons. The Hall–Kier alpha value is -4.29. The Kier molecular flexibility index (Phi) is 7.81. The molecule has 2 heterocycles. The summed E-state index contributed by atoms with van der Waals surface area (Å²) in [6, 6.07) is 17.0. The quantitative estimate of drug-likeness (QED) is 0.281. The molecule has 1 amide bonds. The number of hydrogen-bond acceptors (Lipinski definition) is 7. The van der Waals surface area contributed by atoms with Gasteiger partial charge in [0.2, 0.25) is 0 Å². The maximum Gasteiger partial charge on any atom is 0.306 e. The van der Waals surface area contributed by atoms with Gasteiger partial charge in [-0.2, -0.15) is 10.4 Å². The average Bonchev–Trinajstić information content (AvgIpc) is 3.54. The number of carbonyl (C=O) groups is 2. The number of amides is 1. The van der Waals surface area contributed by atoms with Crippen LogP contribution in [0.1, 0.15) is 65.7 Å². The van der Waals surface area contributed by atoms with Crippen LogP contribution in [0.5, 0.6) is 0 Å². The molecule has 0 fully saturated rings. The van der Waals surface area contributed by atoms with Gasteiger partial charge in [0.1, 0.15) is 5.60 Å². The number of ether oxygens (including phenoxy) is 1. The first kappa shape index (κ1) is 27.3. The molecule has 1 N–H and O–H groups in total. The van der Waals surface area contributed by atoms with Gasteiger partial charge in [-0.1, -0.05) is 24.3 Å². The van der Waals surface area contributed by atoms with Crippen molar-refractivity contribution in [2.45, 2.75) is 58.6 Å². The number of aryl methyl sites for hydroxylation is 1. The molecule has 2 aromatic carbocycles. The number of anilines is 1. The summed E-state index contributed by atoms with van der Waals surface area (Å²) >= 11 is 1.48. The Labute approximate surface area is 237 Å². The Morgan fingerprint density at radius 3 is 2.73 bits per heavy atom. The van der Waals surface area contributed by atoms with E-state index < -0.39 is 5.60 Å².